The highest BCUT2D eigenvalue weighted by atomic mass is 127. The predicted molar refractivity (Wildman–Crippen MR) is 128 cm³/mol. The van der Waals surface area contributed by atoms with Crippen LogP contribution in [0.1, 0.15) is 37.8 Å². The van der Waals surface area contributed by atoms with Crippen molar-refractivity contribution in [2.45, 2.75) is 26.7 Å². The Hall–Kier alpha value is -2.60. The van der Waals surface area contributed by atoms with E-state index >= 15 is 0 Å². The third kappa shape index (κ3) is 7.24. The van der Waals surface area contributed by atoms with Crippen molar-refractivity contribution in [2.75, 3.05) is 31.9 Å². The van der Waals surface area contributed by atoms with Crippen LogP contribution in [0, 0.1) is 11.8 Å². The Morgan fingerprint density at radius 1 is 0.839 bits per heavy atom. The molecule has 0 fully saturated rings. The first kappa shape index (κ1) is 24.7. The van der Waals surface area contributed by atoms with E-state index in [9.17, 15) is 4.79 Å². The van der Waals surface area contributed by atoms with Gasteiger partial charge in [-0.25, -0.2) is 0 Å². The van der Waals surface area contributed by atoms with Gasteiger partial charge in [0.25, 0.3) is 0 Å². The zero-order valence-corrected chi connectivity index (χ0v) is 20.4. The molecular formula is C24H27IO6. The number of halogens is 1. The first-order valence-electron chi connectivity index (χ1n) is 10.0. The van der Waals surface area contributed by atoms with Gasteiger partial charge in [0.2, 0.25) is 0 Å². The number of esters is 1. The van der Waals surface area contributed by atoms with Gasteiger partial charge in [-0.2, -0.15) is 0 Å². The summed E-state index contributed by atoms with van der Waals surface area (Å²) in [5.74, 6) is 8.45. The summed E-state index contributed by atoms with van der Waals surface area (Å²) in [6, 6.07) is 8.84. The van der Waals surface area contributed by atoms with Gasteiger partial charge >= 0.3 is 5.97 Å². The van der Waals surface area contributed by atoms with E-state index in [1.54, 1.807) is 26.4 Å². The first-order chi connectivity index (χ1) is 15.1. The molecule has 7 heteroatoms. The highest BCUT2D eigenvalue weighted by molar-refractivity contribution is 14.1. The zero-order valence-electron chi connectivity index (χ0n) is 18.2. The number of methoxy groups -OCH3 is 2. The molecule has 2 rings (SSSR count). The van der Waals surface area contributed by atoms with E-state index in [0.29, 0.717) is 47.5 Å². The highest BCUT2D eigenvalue weighted by Gasteiger charge is 2.15. The third-order valence-electron chi connectivity index (χ3n) is 4.03. The van der Waals surface area contributed by atoms with Crippen molar-refractivity contribution in [3.8, 4) is 40.6 Å². The molecule has 6 nitrogen and oxygen atoms in total. The number of ether oxygens (including phenoxy) is 5. The van der Waals surface area contributed by atoms with Crippen LogP contribution in [0.3, 0.4) is 0 Å². The van der Waals surface area contributed by atoms with Gasteiger partial charge in [-0.05, 0) is 31.0 Å². The lowest BCUT2D eigenvalue weighted by Gasteiger charge is -2.13. The molecule has 0 aliphatic rings. The SMILES string of the molecule is CCCOc1cc(C#Cc2cc(OC)c(OCCC)cc2OC(=O)CI)ccc1OC. The molecule has 166 valence electrons. The summed E-state index contributed by atoms with van der Waals surface area (Å²) in [6.45, 7) is 5.15. The third-order valence-corrected chi connectivity index (χ3v) is 4.65. The van der Waals surface area contributed by atoms with Crippen LogP contribution in [0.25, 0.3) is 0 Å². The highest BCUT2D eigenvalue weighted by Crippen LogP contribution is 2.35. The fraction of sp³-hybridized carbons (Fsp3) is 0.375. The van der Waals surface area contributed by atoms with Gasteiger partial charge in [0.05, 0.1) is 37.4 Å². The molecule has 2 aromatic rings. The van der Waals surface area contributed by atoms with Crippen LogP contribution in [-0.4, -0.2) is 37.8 Å². The van der Waals surface area contributed by atoms with E-state index in [0.717, 1.165) is 18.4 Å². The summed E-state index contributed by atoms with van der Waals surface area (Å²) in [7, 11) is 3.16. The molecule has 0 saturated heterocycles. The second-order valence-corrected chi connectivity index (χ2v) is 7.18. The second kappa shape index (κ2) is 13.0. The number of rotatable bonds is 10. The molecule has 0 heterocycles. The van der Waals surface area contributed by atoms with Crippen molar-refractivity contribution >= 4 is 28.6 Å². The van der Waals surface area contributed by atoms with Gasteiger partial charge in [-0.15, -0.1) is 0 Å². The van der Waals surface area contributed by atoms with Crippen LogP contribution in [0.2, 0.25) is 0 Å². The van der Waals surface area contributed by atoms with E-state index in [1.165, 1.54) is 0 Å². The van der Waals surface area contributed by atoms with E-state index in [-0.39, 0.29) is 10.4 Å². The lowest BCUT2D eigenvalue weighted by Crippen LogP contribution is -2.10. The fourth-order valence-corrected chi connectivity index (χ4v) is 2.73. The molecule has 2 aromatic carbocycles. The summed E-state index contributed by atoms with van der Waals surface area (Å²) in [5, 5.41) is 0. The van der Waals surface area contributed by atoms with Crippen LogP contribution in [-0.2, 0) is 4.79 Å². The van der Waals surface area contributed by atoms with Crippen molar-refractivity contribution < 1.29 is 28.5 Å². The minimum Gasteiger partial charge on any atom is -0.493 e. The van der Waals surface area contributed by atoms with Crippen LogP contribution >= 0.6 is 22.6 Å². The smallest absolute Gasteiger partial charge is 0.321 e. The van der Waals surface area contributed by atoms with Gasteiger partial charge in [0.15, 0.2) is 23.0 Å². The predicted octanol–water partition coefficient (Wildman–Crippen LogP) is 5.02. The fourth-order valence-electron chi connectivity index (χ4n) is 2.58. The Morgan fingerprint density at radius 3 is 2.06 bits per heavy atom. The maximum Gasteiger partial charge on any atom is 0.321 e. The van der Waals surface area contributed by atoms with Crippen LogP contribution in [0.15, 0.2) is 30.3 Å². The molecule has 0 unspecified atom stereocenters. The molecule has 0 amide bonds. The molecule has 0 N–H and O–H groups in total. The monoisotopic (exact) mass is 538 g/mol. The van der Waals surface area contributed by atoms with Crippen molar-refractivity contribution in [3.05, 3.63) is 41.5 Å². The molecule has 0 aromatic heterocycles. The molecule has 0 atom stereocenters. The van der Waals surface area contributed by atoms with Crippen molar-refractivity contribution in [3.63, 3.8) is 0 Å². The quantitative estimate of drug-likeness (QED) is 0.139. The number of benzene rings is 2. The molecule has 0 spiro atoms. The van der Waals surface area contributed by atoms with Crippen LogP contribution in [0.5, 0.6) is 28.7 Å². The second-order valence-electron chi connectivity index (χ2n) is 6.42. The van der Waals surface area contributed by atoms with Gasteiger partial charge in [0, 0.05) is 17.7 Å². The van der Waals surface area contributed by atoms with Gasteiger partial charge < -0.3 is 23.7 Å². The van der Waals surface area contributed by atoms with Gasteiger partial charge in [-0.1, -0.05) is 48.3 Å². The van der Waals surface area contributed by atoms with E-state index in [4.69, 9.17) is 23.7 Å². The van der Waals surface area contributed by atoms with Crippen molar-refractivity contribution in [1.29, 1.82) is 0 Å². The molecule has 0 aliphatic carbocycles. The average molecular weight is 538 g/mol. The van der Waals surface area contributed by atoms with Gasteiger partial charge in [-0.3, -0.25) is 4.79 Å². The first-order valence-corrected chi connectivity index (χ1v) is 11.5. The zero-order chi connectivity index (χ0) is 22.6. The standard InChI is InChI=1S/C24H27IO6/c1-5-11-29-22-13-17(8-10-19(22)27-3)7-9-18-14-21(28-4)23(30-12-6-2)15-20(18)31-24(26)16-25/h8,10,13-15H,5-6,11-12,16H2,1-4H3. The Labute approximate surface area is 197 Å². The molecule has 0 saturated carbocycles. The Kier molecular flexibility index (Phi) is 10.3. The largest absolute Gasteiger partial charge is 0.493 e. The molecule has 0 aliphatic heterocycles. The number of hydrogen-bond donors (Lipinski definition) is 0. The van der Waals surface area contributed by atoms with E-state index < -0.39 is 0 Å². The summed E-state index contributed by atoms with van der Waals surface area (Å²) >= 11 is 1.96. The molecule has 31 heavy (non-hydrogen) atoms. The minimum atomic E-state index is -0.366. The number of carbonyl (C=O) groups excluding carboxylic acids is 1. The van der Waals surface area contributed by atoms with E-state index in [1.807, 2.05) is 54.6 Å². The lowest BCUT2D eigenvalue weighted by molar-refractivity contribution is -0.131. The average Bonchev–Trinajstić information content (AvgIpc) is 2.80. The normalized spacial score (nSPS) is 9.97. The maximum absolute atomic E-state index is 11.9. The Balaban J connectivity index is 2.45. The minimum absolute atomic E-state index is 0.221. The van der Waals surface area contributed by atoms with Crippen LogP contribution in [0.4, 0.5) is 0 Å². The number of alkyl halides is 1. The summed E-state index contributed by atoms with van der Waals surface area (Å²) in [4.78, 5) is 11.9. The van der Waals surface area contributed by atoms with Crippen LogP contribution < -0.4 is 23.7 Å². The van der Waals surface area contributed by atoms with Crippen molar-refractivity contribution in [2.24, 2.45) is 0 Å². The molecule has 0 radical (unpaired) electrons. The Morgan fingerprint density at radius 2 is 1.48 bits per heavy atom. The summed E-state index contributed by atoms with van der Waals surface area (Å²) < 4.78 is 28.0. The maximum atomic E-state index is 11.9. The topological polar surface area (TPSA) is 63.2 Å². The molecule has 0 bridgehead atoms. The van der Waals surface area contributed by atoms with Gasteiger partial charge in [0.1, 0.15) is 5.75 Å². The molecular weight excluding hydrogens is 511 g/mol. The van der Waals surface area contributed by atoms with Crippen molar-refractivity contribution in [1.82, 2.24) is 0 Å². The van der Waals surface area contributed by atoms with E-state index in [2.05, 4.69) is 11.8 Å². The summed E-state index contributed by atoms with van der Waals surface area (Å²) in [6.07, 6.45) is 1.73. The summed E-state index contributed by atoms with van der Waals surface area (Å²) in [5.41, 5.74) is 1.26. The Bertz CT molecular complexity index is 945. The number of carbonyl (C=O) groups is 1. The number of hydrogen-bond acceptors (Lipinski definition) is 6. The lowest BCUT2D eigenvalue weighted by atomic mass is 10.1.